The summed E-state index contributed by atoms with van der Waals surface area (Å²) in [6.07, 6.45) is 12.8. The van der Waals surface area contributed by atoms with Crippen molar-refractivity contribution in [2.75, 3.05) is 0 Å². The molecule has 0 aromatic rings. The number of fused-ring (bicyclic) bond motifs is 2. The van der Waals surface area contributed by atoms with Crippen LogP contribution in [0.3, 0.4) is 0 Å². The van der Waals surface area contributed by atoms with Gasteiger partial charge < -0.3 is 5.11 Å². The first kappa shape index (κ1) is 12.9. The molecule has 18 heavy (non-hydrogen) atoms. The van der Waals surface area contributed by atoms with Gasteiger partial charge in [0.1, 0.15) is 0 Å². The van der Waals surface area contributed by atoms with Gasteiger partial charge in [0, 0.05) is 12.3 Å². The molecule has 1 N–H and O–H groups in total. The molecule has 0 heterocycles. The van der Waals surface area contributed by atoms with Crippen molar-refractivity contribution in [2.24, 2.45) is 11.8 Å². The van der Waals surface area contributed by atoms with E-state index in [4.69, 9.17) is 9.78 Å². The van der Waals surface area contributed by atoms with Crippen molar-refractivity contribution in [1.82, 2.24) is 0 Å². The summed E-state index contributed by atoms with van der Waals surface area (Å²) in [6, 6.07) is 0. The summed E-state index contributed by atoms with van der Waals surface area (Å²) in [6.45, 7) is 0. The van der Waals surface area contributed by atoms with Crippen LogP contribution >= 0.6 is 0 Å². The molecule has 0 aromatic heterocycles. The Morgan fingerprint density at radius 1 is 0.889 bits per heavy atom. The van der Waals surface area contributed by atoms with Crippen molar-refractivity contribution in [3.05, 3.63) is 0 Å². The van der Waals surface area contributed by atoms with E-state index in [1.54, 1.807) is 0 Å². The molecular weight excluding hydrogens is 228 g/mol. The zero-order valence-electron chi connectivity index (χ0n) is 11.3. The van der Waals surface area contributed by atoms with E-state index in [0.29, 0.717) is 5.92 Å². The van der Waals surface area contributed by atoms with Gasteiger partial charge in [-0.2, -0.15) is 0 Å². The van der Waals surface area contributed by atoms with Crippen LogP contribution in [0, 0.1) is 11.8 Å². The van der Waals surface area contributed by atoms with Crippen LogP contribution < -0.4 is 0 Å². The molecule has 3 aliphatic carbocycles. The second kappa shape index (κ2) is 5.48. The van der Waals surface area contributed by atoms with E-state index in [1.807, 2.05) is 0 Å². The van der Waals surface area contributed by atoms with Crippen molar-refractivity contribution in [3.63, 3.8) is 0 Å². The number of hydrogen-bond acceptors (Lipinski definition) is 3. The van der Waals surface area contributed by atoms with Gasteiger partial charge in [0.15, 0.2) is 0 Å². The summed E-state index contributed by atoms with van der Waals surface area (Å²) in [5.41, 5.74) is 0. The highest BCUT2D eigenvalue weighted by atomic mass is 17.2. The molecule has 3 nitrogen and oxygen atoms in total. The lowest BCUT2D eigenvalue weighted by Crippen LogP contribution is -2.43. The maximum atomic E-state index is 10.6. The van der Waals surface area contributed by atoms with Crippen LogP contribution in [0.2, 0.25) is 0 Å². The molecule has 3 rings (SSSR count). The van der Waals surface area contributed by atoms with E-state index in [9.17, 15) is 5.11 Å². The Bertz CT molecular complexity index is 273. The second-order valence-corrected chi connectivity index (χ2v) is 6.55. The van der Waals surface area contributed by atoms with Gasteiger partial charge in [0.25, 0.3) is 0 Å². The number of aliphatic hydroxyl groups is 1. The lowest BCUT2D eigenvalue weighted by Gasteiger charge is -2.36. The van der Waals surface area contributed by atoms with Crippen molar-refractivity contribution in [1.29, 1.82) is 0 Å². The van der Waals surface area contributed by atoms with Crippen LogP contribution in [-0.2, 0) is 9.78 Å². The zero-order valence-corrected chi connectivity index (χ0v) is 11.3. The van der Waals surface area contributed by atoms with Gasteiger partial charge in [-0.25, -0.2) is 9.78 Å². The minimum Gasteiger partial charge on any atom is -0.363 e. The Hall–Kier alpha value is -0.120. The Morgan fingerprint density at radius 2 is 1.67 bits per heavy atom. The van der Waals surface area contributed by atoms with E-state index in [-0.39, 0.29) is 6.10 Å². The second-order valence-electron chi connectivity index (χ2n) is 6.55. The molecule has 0 aliphatic heterocycles. The number of hydrogen-bond donors (Lipinski definition) is 1. The minimum absolute atomic E-state index is 0.204. The van der Waals surface area contributed by atoms with Gasteiger partial charge in [-0.1, -0.05) is 25.7 Å². The molecule has 104 valence electrons. The normalized spacial score (nSPS) is 41.8. The monoisotopic (exact) mass is 254 g/mol. The van der Waals surface area contributed by atoms with Gasteiger partial charge in [-0.05, 0) is 44.4 Å². The summed E-state index contributed by atoms with van der Waals surface area (Å²) in [7, 11) is 0. The van der Waals surface area contributed by atoms with Crippen LogP contribution in [0.15, 0.2) is 0 Å². The third kappa shape index (κ3) is 2.73. The third-order valence-electron chi connectivity index (χ3n) is 5.22. The van der Waals surface area contributed by atoms with Crippen molar-refractivity contribution >= 4 is 0 Å². The van der Waals surface area contributed by atoms with E-state index < -0.39 is 5.79 Å². The standard InChI is InChI=1S/C15H26O3/c16-15(10-9-12-7-8-13(15)11-12)18-17-14-5-3-1-2-4-6-14/h12-14,16H,1-11H2. The first-order valence-corrected chi connectivity index (χ1v) is 7.83. The molecule has 3 heteroatoms. The maximum absolute atomic E-state index is 10.6. The molecule has 0 amide bonds. The fourth-order valence-corrected chi connectivity index (χ4v) is 3.96. The maximum Gasteiger partial charge on any atom is 0.202 e. The Labute approximate surface area is 110 Å². The molecule has 2 bridgehead atoms. The van der Waals surface area contributed by atoms with Gasteiger partial charge in [-0.3, -0.25) is 0 Å². The van der Waals surface area contributed by atoms with Gasteiger partial charge in [0.05, 0.1) is 6.10 Å². The van der Waals surface area contributed by atoms with Crippen LogP contribution in [-0.4, -0.2) is 17.0 Å². The Kier molecular flexibility index (Phi) is 3.92. The fraction of sp³-hybridized carbons (Fsp3) is 1.00. The smallest absolute Gasteiger partial charge is 0.202 e. The molecule has 0 saturated heterocycles. The van der Waals surface area contributed by atoms with Crippen molar-refractivity contribution in [3.8, 4) is 0 Å². The zero-order chi connectivity index (χ0) is 12.4. The number of rotatable bonds is 3. The van der Waals surface area contributed by atoms with E-state index in [1.165, 1.54) is 32.1 Å². The molecule has 3 aliphatic rings. The predicted molar refractivity (Wildman–Crippen MR) is 68.7 cm³/mol. The molecule has 0 spiro atoms. The topological polar surface area (TPSA) is 38.7 Å². The lowest BCUT2D eigenvalue weighted by molar-refractivity contribution is -0.454. The molecule has 0 aromatic carbocycles. The summed E-state index contributed by atoms with van der Waals surface area (Å²) in [4.78, 5) is 11.2. The van der Waals surface area contributed by atoms with Gasteiger partial charge in [0.2, 0.25) is 5.79 Å². The highest BCUT2D eigenvalue weighted by Crippen LogP contribution is 2.48. The van der Waals surface area contributed by atoms with Gasteiger partial charge in [-0.15, -0.1) is 0 Å². The Morgan fingerprint density at radius 3 is 2.44 bits per heavy atom. The summed E-state index contributed by atoms with van der Waals surface area (Å²) in [5.74, 6) is 0.151. The van der Waals surface area contributed by atoms with Crippen molar-refractivity contribution in [2.45, 2.75) is 82.5 Å². The molecule has 0 radical (unpaired) electrons. The first-order valence-electron chi connectivity index (χ1n) is 7.83. The van der Waals surface area contributed by atoms with E-state index in [2.05, 4.69) is 0 Å². The summed E-state index contributed by atoms with van der Waals surface area (Å²) in [5, 5.41) is 10.6. The average Bonchev–Trinajstić information content (AvgIpc) is 2.62. The SMILES string of the molecule is OC1(OOC2CCCCCC2)CCC2CCC1C2. The van der Waals surface area contributed by atoms with Crippen LogP contribution in [0.5, 0.6) is 0 Å². The highest BCUT2D eigenvalue weighted by Gasteiger charge is 2.48. The molecule has 3 atom stereocenters. The highest BCUT2D eigenvalue weighted by molar-refractivity contribution is 4.91. The fourth-order valence-electron chi connectivity index (χ4n) is 3.96. The predicted octanol–water partition coefficient (Wildman–Crippen LogP) is 3.56. The molecular formula is C15H26O3. The van der Waals surface area contributed by atoms with E-state index >= 15 is 0 Å². The van der Waals surface area contributed by atoms with Gasteiger partial charge >= 0.3 is 0 Å². The van der Waals surface area contributed by atoms with Crippen LogP contribution in [0.4, 0.5) is 0 Å². The summed E-state index contributed by atoms with van der Waals surface area (Å²) >= 11 is 0. The largest absolute Gasteiger partial charge is 0.363 e. The van der Waals surface area contributed by atoms with Crippen LogP contribution in [0.1, 0.15) is 70.6 Å². The molecule has 3 unspecified atom stereocenters. The lowest BCUT2D eigenvalue weighted by atomic mass is 9.84. The summed E-state index contributed by atoms with van der Waals surface area (Å²) < 4.78 is 0. The quantitative estimate of drug-likeness (QED) is 0.362. The Balaban J connectivity index is 1.51. The van der Waals surface area contributed by atoms with Crippen molar-refractivity contribution < 1.29 is 14.9 Å². The van der Waals surface area contributed by atoms with Crippen LogP contribution in [0.25, 0.3) is 0 Å². The van der Waals surface area contributed by atoms with E-state index in [0.717, 1.165) is 44.4 Å². The third-order valence-corrected chi connectivity index (χ3v) is 5.22. The minimum atomic E-state index is -0.987. The molecule has 3 fully saturated rings. The average molecular weight is 254 g/mol. The first-order chi connectivity index (χ1) is 8.76. The molecule has 3 saturated carbocycles.